The Hall–Kier alpha value is -3.59. The minimum Gasteiger partial charge on any atom is -0.493 e. The summed E-state index contributed by atoms with van der Waals surface area (Å²) in [5, 5.41) is 1.21. The molecule has 0 saturated carbocycles. The maximum atomic E-state index is 15.2. The average molecular weight is 722 g/mol. The number of carbonyl (C=O) groups excluding carboxylic acids is 2. The number of carbonyl (C=O) groups is 2. The molecule has 0 radical (unpaired) electrons. The van der Waals surface area contributed by atoms with Crippen molar-refractivity contribution in [1.29, 1.82) is 0 Å². The van der Waals surface area contributed by atoms with Gasteiger partial charge in [-0.3, -0.25) is 19.6 Å². The first-order valence-electron chi connectivity index (χ1n) is 17.3. The molecule has 0 aliphatic carbocycles. The molecule has 2 atom stereocenters. The minimum atomic E-state index is -1.02. The minimum absolute atomic E-state index is 0.119. The zero-order chi connectivity index (χ0) is 36.6. The van der Waals surface area contributed by atoms with Crippen molar-refractivity contribution in [3.05, 3.63) is 99.0 Å². The fourth-order valence-electron chi connectivity index (χ4n) is 6.81. The Morgan fingerprint density at radius 1 is 0.820 bits per heavy atom. The van der Waals surface area contributed by atoms with E-state index < -0.39 is 16.7 Å². The SMILES string of the molecule is CCOc1cc(C(C)(C)C)ccc1C1=N[C@@](C)(c2ccc(Cl)cc2)[C@@](C)(c2ccc(Cl)cc2)N1C(=O)N1CCN(CC(=O)OC(C)(C)C)CC1. The zero-order valence-electron chi connectivity index (χ0n) is 30.8. The number of urea groups is 1. The molecule has 268 valence electrons. The van der Waals surface area contributed by atoms with Crippen molar-refractivity contribution in [3.63, 3.8) is 0 Å². The third-order valence-electron chi connectivity index (χ3n) is 9.74. The Morgan fingerprint density at radius 3 is 1.90 bits per heavy atom. The van der Waals surface area contributed by atoms with Gasteiger partial charge in [-0.25, -0.2) is 4.79 Å². The van der Waals surface area contributed by atoms with Gasteiger partial charge in [0, 0.05) is 36.2 Å². The summed E-state index contributed by atoms with van der Waals surface area (Å²) in [5.41, 5.74) is 0.968. The molecule has 10 heteroatoms. The molecule has 2 aliphatic rings. The number of esters is 1. The molecule has 3 aromatic rings. The van der Waals surface area contributed by atoms with Gasteiger partial charge in [-0.15, -0.1) is 0 Å². The number of rotatable bonds is 7. The van der Waals surface area contributed by atoms with Crippen LogP contribution >= 0.6 is 23.2 Å². The Labute approximate surface area is 307 Å². The Balaban J connectivity index is 1.64. The number of benzene rings is 3. The first-order valence-corrected chi connectivity index (χ1v) is 18.1. The molecule has 8 nitrogen and oxygen atoms in total. The summed E-state index contributed by atoms with van der Waals surface area (Å²) >= 11 is 12.8. The van der Waals surface area contributed by atoms with Crippen LogP contribution in [0.3, 0.4) is 0 Å². The number of halogens is 2. The van der Waals surface area contributed by atoms with Crippen molar-refractivity contribution in [2.24, 2.45) is 4.99 Å². The smallest absolute Gasteiger partial charge is 0.326 e. The highest BCUT2D eigenvalue weighted by atomic mass is 35.5. The second kappa shape index (κ2) is 14.2. The Morgan fingerprint density at radius 2 is 1.38 bits per heavy atom. The van der Waals surface area contributed by atoms with Crippen LogP contribution in [0, 0.1) is 0 Å². The molecule has 0 spiro atoms. The normalized spacial score (nSPS) is 21.6. The molecule has 1 fully saturated rings. The maximum absolute atomic E-state index is 15.2. The van der Waals surface area contributed by atoms with Crippen molar-refractivity contribution < 1.29 is 19.1 Å². The van der Waals surface area contributed by atoms with Gasteiger partial charge in [-0.05, 0) is 100 Å². The van der Waals surface area contributed by atoms with Gasteiger partial charge in [-0.2, -0.15) is 0 Å². The van der Waals surface area contributed by atoms with Crippen molar-refractivity contribution in [2.75, 3.05) is 39.3 Å². The zero-order valence-corrected chi connectivity index (χ0v) is 32.3. The summed E-state index contributed by atoms with van der Waals surface area (Å²) in [6.45, 7) is 20.7. The molecule has 0 unspecified atom stereocenters. The van der Waals surface area contributed by atoms with Crippen molar-refractivity contribution in [1.82, 2.24) is 14.7 Å². The van der Waals surface area contributed by atoms with Crippen molar-refractivity contribution in [2.45, 2.75) is 84.4 Å². The highest BCUT2D eigenvalue weighted by molar-refractivity contribution is 6.30. The fourth-order valence-corrected chi connectivity index (χ4v) is 7.06. The van der Waals surface area contributed by atoms with Crippen molar-refractivity contribution in [3.8, 4) is 5.75 Å². The third kappa shape index (κ3) is 7.53. The van der Waals surface area contributed by atoms with E-state index >= 15 is 4.79 Å². The summed E-state index contributed by atoms with van der Waals surface area (Å²) in [7, 11) is 0. The van der Waals surface area contributed by atoms with Gasteiger partial charge < -0.3 is 14.4 Å². The van der Waals surface area contributed by atoms with Crippen LogP contribution in [0.2, 0.25) is 10.0 Å². The number of hydrogen-bond donors (Lipinski definition) is 0. The van der Waals surface area contributed by atoms with E-state index in [9.17, 15) is 4.79 Å². The molecule has 2 amide bonds. The van der Waals surface area contributed by atoms with Gasteiger partial charge in [-0.1, -0.05) is 74.3 Å². The number of amidine groups is 1. The molecule has 1 saturated heterocycles. The van der Waals surface area contributed by atoms with Gasteiger partial charge >= 0.3 is 12.0 Å². The topological polar surface area (TPSA) is 74.7 Å². The summed E-state index contributed by atoms with van der Waals surface area (Å²) in [5.74, 6) is 0.907. The molecule has 0 aromatic heterocycles. The number of piperazine rings is 1. The average Bonchev–Trinajstić information content (AvgIpc) is 3.28. The lowest BCUT2D eigenvalue weighted by molar-refractivity contribution is -0.156. The van der Waals surface area contributed by atoms with E-state index in [0.29, 0.717) is 54.4 Å². The Kier molecular flexibility index (Phi) is 10.7. The lowest BCUT2D eigenvalue weighted by Crippen LogP contribution is -2.61. The van der Waals surface area contributed by atoms with Crippen LogP contribution in [-0.4, -0.2) is 77.5 Å². The molecule has 0 N–H and O–H groups in total. The third-order valence-corrected chi connectivity index (χ3v) is 10.2. The van der Waals surface area contributed by atoms with Crippen LogP contribution in [0.1, 0.15) is 84.6 Å². The highest BCUT2D eigenvalue weighted by Gasteiger charge is 2.60. The Bertz CT molecular complexity index is 1740. The van der Waals surface area contributed by atoms with E-state index in [1.165, 1.54) is 0 Å². The second-order valence-electron chi connectivity index (χ2n) is 15.5. The molecule has 0 bridgehead atoms. The first kappa shape index (κ1) is 37.7. The number of hydrogen-bond acceptors (Lipinski definition) is 6. The first-order chi connectivity index (χ1) is 23.4. The summed E-state index contributed by atoms with van der Waals surface area (Å²) in [6, 6.07) is 21.3. The van der Waals surface area contributed by atoms with Crippen LogP contribution in [0.25, 0.3) is 0 Å². The van der Waals surface area contributed by atoms with Crippen molar-refractivity contribution >= 4 is 41.0 Å². The molecule has 50 heavy (non-hydrogen) atoms. The molecular weight excluding hydrogens is 671 g/mol. The fraction of sp³-hybridized carbons (Fsp3) is 0.475. The van der Waals surface area contributed by atoms with Crippen LogP contribution in [0.5, 0.6) is 5.75 Å². The summed E-state index contributed by atoms with van der Waals surface area (Å²) in [6.07, 6.45) is 0. The number of aliphatic imine (C=N–C) groups is 1. The van der Waals surface area contributed by atoms with Gasteiger partial charge in [0.25, 0.3) is 0 Å². The van der Waals surface area contributed by atoms with E-state index in [-0.39, 0.29) is 24.0 Å². The molecular formula is C40H50Cl2N4O4. The van der Waals surface area contributed by atoms with E-state index in [2.05, 4.69) is 46.8 Å². The van der Waals surface area contributed by atoms with Crippen LogP contribution in [-0.2, 0) is 26.0 Å². The van der Waals surface area contributed by atoms with E-state index in [4.69, 9.17) is 37.7 Å². The van der Waals surface area contributed by atoms with Gasteiger partial charge in [0.15, 0.2) is 0 Å². The lowest BCUT2D eigenvalue weighted by Gasteiger charge is -2.47. The predicted molar refractivity (Wildman–Crippen MR) is 202 cm³/mol. The van der Waals surface area contributed by atoms with Crippen LogP contribution < -0.4 is 4.74 Å². The largest absolute Gasteiger partial charge is 0.493 e. The molecule has 3 aromatic carbocycles. The monoisotopic (exact) mass is 720 g/mol. The molecule has 5 rings (SSSR count). The summed E-state index contributed by atoms with van der Waals surface area (Å²) in [4.78, 5) is 39.1. The maximum Gasteiger partial charge on any atom is 0.326 e. The van der Waals surface area contributed by atoms with Crippen LogP contribution in [0.4, 0.5) is 4.79 Å². The van der Waals surface area contributed by atoms with E-state index in [1.54, 1.807) is 0 Å². The number of amides is 2. The van der Waals surface area contributed by atoms with Crippen LogP contribution in [0.15, 0.2) is 71.7 Å². The molecule has 2 aliphatic heterocycles. The number of ether oxygens (including phenoxy) is 2. The van der Waals surface area contributed by atoms with Gasteiger partial charge in [0.05, 0.1) is 18.7 Å². The second-order valence-corrected chi connectivity index (χ2v) is 16.3. The van der Waals surface area contributed by atoms with E-state index in [0.717, 1.165) is 22.3 Å². The van der Waals surface area contributed by atoms with E-state index in [1.807, 2.05) is 97.0 Å². The lowest BCUT2D eigenvalue weighted by atomic mass is 9.71. The quantitative estimate of drug-likeness (QED) is 0.229. The standard InChI is InChI=1S/C40H50Cl2N4O4/c1-10-49-33-25-29(37(2,3)4)15-20-32(33)35-43-39(8,27-11-16-30(41)17-12-27)40(9,28-13-18-31(42)19-14-28)46(35)36(48)45-23-21-44(22-24-45)26-34(47)50-38(5,6)7/h11-20,25H,10,21-24,26H2,1-9H3/t39-,40+/m0/s1. The highest BCUT2D eigenvalue weighted by Crippen LogP contribution is 2.54. The molecule has 2 heterocycles. The predicted octanol–water partition coefficient (Wildman–Crippen LogP) is 8.66. The summed E-state index contributed by atoms with van der Waals surface area (Å²) < 4.78 is 11.9. The number of nitrogens with zero attached hydrogens (tertiary/aromatic N) is 4. The van der Waals surface area contributed by atoms with Gasteiger partial charge in [0.1, 0.15) is 28.3 Å². The van der Waals surface area contributed by atoms with Gasteiger partial charge in [0.2, 0.25) is 0 Å².